The second-order valence-corrected chi connectivity index (χ2v) is 3.66. The number of nitro groups is 1. The predicted molar refractivity (Wildman–Crippen MR) is 53.4 cm³/mol. The van der Waals surface area contributed by atoms with Gasteiger partial charge >= 0.3 is 0 Å². The molecule has 1 aromatic carbocycles. The zero-order valence-corrected chi connectivity index (χ0v) is 9.43. The molecule has 70 valence electrons. The van der Waals surface area contributed by atoms with E-state index in [1.54, 1.807) is 0 Å². The molecule has 0 spiro atoms. The highest BCUT2D eigenvalue weighted by Crippen LogP contribution is 2.29. The molecule has 0 aliphatic heterocycles. The maximum absolute atomic E-state index is 13.0. The van der Waals surface area contributed by atoms with Crippen LogP contribution >= 0.6 is 31.9 Å². The van der Waals surface area contributed by atoms with Crippen LogP contribution < -0.4 is 0 Å². The molecule has 13 heavy (non-hydrogen) atoms. The highest BCUT2D eigenvalue weighted by Gasteiger charge is 2.16. The van der Waals surface area contributed by atoms with Gasteiger partial charge in [0, 0.05) is 11.4 Å². The minimum Gasteiger partial charge on any atom is -0.258 e. The Morgan fingerprint density at radius 2 is 2.15 bits per heavy atom. The van der Waals surface area contributed by atoms with Crippen LogP contribution in [0.2, 0.25) is 0 Å². The van der Waals surface area contributed by atoms with Crippen molar-refractivity contribution in [2.45, 2.75) is 5.33 Å². The SMILES string of the molecule is O=[N+]([O-])c1cc(CBr)cc(F)c1Br. The average Bonchev–Trinajstić information content (AvgIpc) is 2.09. The quantitative estimate of drug-likeness (QED) is 0.477. The molecular formula is C7H4Br2FNO2. The summed E-state index contributed by atoms with van der Waals surface area (Å²) < 4.78 is 12.9. The first-order valence-corrected chi connectivity index (χ1v) is 5.16. The van der Waals surface area contributed by atoms with Crippen molar-refractivity contribution in [3.63, 3.8) is 0 Å². The van der Waals surface area contributed by atoms with E-state index in [4.69, 9.17) is 0 Å². The van der Waals surface area contributed by atoms with Crippen molar-refractivity contribution in [2.75, 3.05) is 0 Å². The first kappa shape index (κ1) is 10.6. The minimum absolute atomic E-state index is 0.109. The number of halogens is 3. The number of benzene rings is 1. The van der Waals surface area contributed by atoms with Crippen LogP contribution in [-0.2, 0) is 5.33 Å². The van der Waals surface area contributed by atoms with Gasteiger partial charge in [0.1, 0.15) is 10.3 Å². The van der Waals surface area contributed by atoms with E-state index in [-0.39, 0.29) is 10.2 Å². The largest absolute Gasteiger partial charge is 0.286 e. The molecule has 1 aromatic rings. The molecule has 0 saturated heterocycles. The van der Waals surface area contributed by atoms with Gasteiger partial charge in [0.25, 0.3) is 5.69 Å². The number of alkyl halides is 1. The van der Waals surface area contributed by atoms with Crippen molar-refractivity contribution in [3.8, 4) is 0 Å². The lowest BCUT2D eigenvalue weighted by molar-refractivity contribution is -0.385. The lowest BCUT2D eigenvalue weighted by atomic mass is 10.2. The minimum atomic E-state index is -0.626. The number of hydrogen-bond donors (Lipinski definition) is 0. The fourth-order valence-electron chi connectivity index (χ4n) is 0.839. The molecule has 6 heteroatoms. The fourth-order valence-corrected chi connectivity index (χ4v) is 1.54. The van der Waals surface area contributed by atoms with E-state index in [1.807, 2.05) is 0 Å². The van der Waals surface area contributed by atoms with E-state index < -0.39 is 10.7 Å². The van der Waals surface area contributed by atoms with E-state index in [2.05, 4.69) is 31.9 Å². The third-order valence-corrected chi connectivity index (χ3v) is 2.85. The van der Waals surface area contributed by atoms with Gasteiger partial charge in [-0.25, -0.2) is 4.39 Å². The van der Waals surface area contributed by atoms with E-state index in [0.29, 0.717) is 10.9 Å². The van der Waals surface area contributed by atoms with E-state index in [0.717, 1.165) is 0 Å². The molecule has 0 radical (unpaired) electrons. The van der Waals surface area contributed by atoms with Gasteiger partial charge in [0.05, 0.1) is 4.92 Å². The number of nitrogens with zero attached hydrogens (tertiary/aromatic N) is 1. The molecule has 0 fully saturated rings. The summed E-state index contributed by atoms with van der Waals surface area (Å²) in [5.41, 5.74) is 0.279. The Balaban J connectivity index is 3.33. The maximum Gasteiger partial charge on any atom is 0.286 e. The summed E-state index contributed by atoms with van der Waals surface area (Å²) in [4.78, 5) is 9.81. The maximum atomic E-state index is 13.0. The molecule has 0 unspecified atom stereocenters. The molecule has 0 atom stereocenters. The Labute approximate surface area is 90.3 Å². The Hall–Kier alpha value is -0.490. The monoisotopic (exact) mass is 311 g/mol. The number of rotatable bonds is 2. The molecule has 0 N–H and O–H groups in total. The van der Waals surface area contributed by atoms with Gasteiger partial charge in [-0.3, -0.25) is 10.1 Å². The summed E-state index contributed by atoms with van der Waals surface area (Å²) >= 11 is 5.91. The molecule has 1 rings (SSSR count). The Morgan fingerprint density at radius 3 is 2.62 bits per heavy atom. The van der Waals surface area contributed by atoms with Crippen LogP contribution in [0.5, 0.6) is 0 Å². The van der Waals surface area contributed by atoms with Crippen molar-refractivity contribution in [2.24, 2.45) is 0 Å². The van der Waals surface area contributed by atoms with Crippen molar-refractivity contribution in [3.05, 3.63) is 38.1 Å². The third kappa shape index (κ3) is 2.25. The molecule has 0 aliphatic rings. The van der Waals surface area contributed by atoms with E-state index >= 15 is 0 Å². The molecule has 0 aromatic heterocycles. The highest BCUT2D eigenvalue weighted by atomic mass is 79.9. The molecule has 0 saturated carbocycles. The second kappa shape index (κ2) is 4.15. The van der Waals surface area contributed by atoms with Crippen LogP contribution in [0.1, 0.15) is 5.56 Å². The molecule has 0 aliphatic carbocycles. The van der Waals surface area contributed by atoms with Crippen molar-refractivity contribution in [1.82, 2.24) is 0 Å². The molecular weight excluding hydrogens is 309 g/mol. The van der Waals surface area contributed by atoms with Crippen molar-refractivity contribution in [1.29, 1.82) is 0 Å². The molecule has 0 amide bonds. The Kier molecular flexibility index (Phi) is 3.38. The smallest absolute Gasteiger partial charge is 0.258 e. The number of hydrogen-bond acceptors (Lipinski definition) is 2. The summed E-state index contributed by atoms with van der Waals surface area (Å²) in [6, 6.07) is 2.56. The molecule has 3 nitrogen and oxygen atoms in total. The van der Waals surface area contributed by atoms with Crippen LogP contribution in [0.4, 0.5) is 10.1 Å². The standard InChI is InChI=1S/C7H4Br2FNO2/c8-3-4-1-5(10)7(9)6(2-4)11(12)13/h1-2H,3H2. The summed E-state index contributed by atoms with van der Waals surface area (Å²) in [6.45, 7) is 0. The van der Waals surface area contributed by atoms with Gasteiger partial charge in [-0.2, -0.15) is 0 Å². The van der Waals surface area contributed by atoms with E-state index in [1.165, 1.54) is 12.1 Å². The first-order valence-electron chi connectivity index (χ1n) is 3.24. The summed E-state index contributed by atoms with van der Waals surface area (Å²) in [5, 5.41) is 10.8. The van der Waals surface area contributed by atoms with Gasteiger partial charge in [-0.05, 0) is 27.6 Å². The predicted octanol–water partition coefficient (Wildman–Crippen LogP) is 3.39. The van der Waals surface area contributed by atoms with Crippen LogP contribution in [0.3, 0.4) is 0 Å². The number of nitro benzene ring substituents is 1. The lowest BCUT2D eigenvalue weighted by Crippen LogP contribution is -1.93. The van der Waals surface area contributed by atoms with Gasteiger partial charge in [0.2, 0.25) is 0 Å². The fraction of sp³-hybridized carbons (Fsp3) is 0.143. The van der Waals surface area contributed by atoms with Crippen molar-refractivity contribution < 1.29 is 9.31 Å². The Morgan fingerprint density at radius 1 is 1.54 bits per heavy atom. The average molecular weight is 313 g/mol. The molecule has 0 heterocycles. The topological polar surface area (TPSA) is 43.1 Å². The Bertz CT molecular complexity index is 357. The lowest BCUT2D eigenvalue weighted by Gasteiger charge is -1.99. The van der Waals surface area contributed by atoms with Crippen LogP contribution in [0.25, 0.3) is 0 Å². The zero-order chi connectivity index (χ0) is 10.0. The van der Waals surface area contributed by atoms with Crippen molar-refractivity contribution >= 4 is 37.5 Å². The van der Waals surface area contributed by atoms with Crippen LogP contribution in [0.15, 0.2) is 16.6 Å². The molecule has 0 bridgehead atoms. The summed E-state index contributed by atoms with van der Waals surface area (Å²) in [5.74, 6) is -0.622. The van der Waals surface area contributed by atoms with Crippen LogP contribution in [0, 0.1) is 15.9 Å². The van der Waals surface area contributed by atoms with Gasteiger partial charge in [-0.15, -0.1) is 0 Å². The summed E-state index contributed by atoms with van der Waals surface area (Å²) in [7, 11) is 0. The van der Waals surface area contributed by atoms with E-state index in [9.17, 15) is 14.5 Å². The zero-order valence-electron chi connectivity index (χ0n) is 6.26. The first-order chi connectivity index (χ1) is 6.06. The normalized spacial score (nSPS) is 10.1. The third-order valence-electron chi connectivity index (χ3n) is 1.42. The highest BCUT2D eigenvalue weighted by molar-refractivity contribution is 9.10. The van der Waals surface area contributed by atoms with Gasteiger partial charge in [-0.1, -0.05) is 15.9 Å². The second-order valence-electron chi connectivity index (χ2n) is 2.30. The van der Waals surface area contributed by atoms with Gasteiger partial charge in [0.15, 0.2) is 0 Å². The van der Waals surface area contributed by atoms with Crippen LogP contribution in [-0.4, -0.2) is 4.92 Å². The van der Waals surface area contributed by atoms with Gasteiger partial charge < -0.3 is 0 Å². The summed E-state index contributed by atoms with van der Waals surface area (Å²) in [6.07, 6.45) is 0.